The van der Waals surface area contributed by atoms with Crippen LogP contribution in [-0.4, -0.2) is 40.9 Å². The Bertz CT molecular complexity index is 611. The summed E-state index contributed by atoms with van der Waals surface area (Å²) in [6.07, 6.45) is -0.146. The molecule has 1 aromatic rings. The van der Waals surface area contributed by atoms with Gasteiger partial charge < -0.3 is 15.3 Å². The van der Waals surface area contributed by atoms with Crippen molar-refractivity contribution in [1.29, 1.82) is 0 Å². The molecule has 0 aromatic heterocycles. The molecule has 0 fully saturated rings. The van der Waals surface area contributed by atoms with Crippen LogP contribution in [0.3, 0.4) is 0 Å². The molecule has 0 aliphatic heterocycles. The first kappa shape index (κ1) is 20.2. The highest BCUT2D eigenvalue weighted by molar-refractivity contribution is 9.10. The molecule has 1 rings (SSSR count). The van der Waals surface area contributed by atoms with E-state index in [2.05, 4.69) is 21.2 Å². The lowest BCUT2D eigenvalue weighted by Gasteiger charge is -2.24. The van der Waals surface area contributed by atoms with Crippen molar-refractivity contribution in [3.63, 3.8) is 0 Å². The molecule has 0 aliphatic rings. The van der Waals surface area contributed by atoms with Gasteiger partial charge in [0.25, 0.3) is 0 Å². The third-order valence-corrected chi connectivity index (χ3v) is 3.79. The first-order chi connectivity index (χ1) is 11.1. The van der Waals surface area contributed by atoms with Crippen molar-refractivity contribution >= 4 is 33.7 Å². The standard InChI is InChI=1S/C17H23BrN2O4/c1-17(2,3)16(24)19-10-14(21)20(8-7-15(22)23)11-12-5-4-6-13(18)9-12/h4-6,9H,7-8,10-11H2,1-3H3,(H,19,24)(H,22,23). The molecule has 0 saturated carbocycles. The summed E-state index contributed by atoms with van der Waals surface area (Å²) < 4.78 is 0.881. The molecular weight excluding hydrogens is 376 g/mol. The van der Waals surface area contributed by atoms with Crippen molar-refractivity contribution in [1.82, 2.24) is 10.2 Å². The van der Waals surface area contributed by atoms with E-state index in [1.165, 1.54) is 4.90 Å². The number of nitrogens with zero attached hydrogens (tertiary/aromatic N) is 1. The Morgan fingerprint density at radius 3 is 2.46 bits per heavy atom. The summed E-state index contributed by atoms with van der Waals surface area (Å²) in [7, 11) is 0. The molecule has 0 aliphatic carbocycles. The highest BCUT2D eigenvalue weighted by Gasteiger charge is 2.23. The number of amides is 2. The van der Waals surface area contributed by atoms with E-state index in [9.17, 15) is 14.4 Å². The number of carbonyl (C=O) groups is 3. The maximum Gasteiger partial charge on any atom is 0.305 e. The summed E-state index contributed by atoms with van der Waals surface area (Å²) >= 11 is 3.37. The molecule has 2 amide bonds. The Kier molecular flexibility index (Phi) is 7.41. The zero-order valence-electron chi connectivity index (χ0n) is 14.1. The van der Waals surface area contributed by atoms with Gasteiger partial charge in [-0.05, 0) is 17.7 Å². The van der Waals surface area contributed by atoms with Gasteiger partial charge in [0.05, 0.1) is 13.0 Å². The number of nitrogens with one attached hydrogen (secondary N) is 1. The van der Waals surface area contributed by atoms with Gasteiger partial charge in [-0.2, -0.15) is 0 Å². The molecule has 0 bridgehead atoms. The second-order valence-electron chi connectivity index (χ2n) is 6.52. The van der Waals surface area contributed by atoms with E-state index >= 15 is 0 Å². The topological polar surface area (TPSA) is 86.7 Å². The molecule has 6 nitrogen and oxygen atoms in total. The van der Waals surface area contributed by atoms with Gasteiger partial charge in [0.15, 0.2) is 0 Å². The van der Waals surface area contributed by atoms with E-state index in [1.807, 2.05) is 24.3 Å². The molecule has 132 valence electrons. The summed E-state index contributed by atoms with van der Waals surface area (Å²) in [6.45, 7) is 5.51. The maximum absolute atomic E-state index is 12.4. The molecule has 24 heavy (non-hydrogen) atoms. The fourth-order valence-electron chi connectivity index (χ4n) is 1.91. The van der Waals surface area contributed by atoms with Gasteiger partial charge in [-0.25, -0.2) is 0 Å². The molecule has 0 heterocycles. The molecule has 1 aromatic carbocycles. The lowest BCUT2D eigenvalue weighted by Crippen LogP contribution is -2.43. The number of hydrogen-bond acceptors (Lipinski definition) is 3. The molecule has 0 spiro atoms. The minimum Gasteiger partial charge on any atom is -0.481 e. The van der Waals surface area contributed by atoms with E-state index in [4.69, 9.17) is 5.11 Å². The number of carboxylic acids is 1. The van der Waals surface area contributed by atoms with Gasteiger partial charge >= 0.3 is 5.97 Å². The SMILES string of the molecule is CC(C)(C)C(=O)NCC(=O)N(CCC(=O)O)Cc1cccc(Br)c1. The highest BCUT2D eigenvalue weighted by Crippen LogP contribution is 2.14. The number of halogens is 1. The number of carbonyl (C=O) groups excluding carboxylic acids is 2. The quantitative estimate of drug-likeness (QED) is 0.737. The van der Waals surface area contributed by atoms with Crippen LogP contribution >= 0.6 is 15.9 Å². The summed E-state index contributed by atoms with van der Waals surface area (Å²) in [5.41, 5.74) is 0.293. The van der Waals surface area contributed by atoms with Crippen molar-refractivity contribution in [2.75, 3.05) is 13.1 Å². The fourth-order valence-corrected chi connectivity index (χ4v) is 2.36. The van der Waals surface area contributed by atoms with Crippen molar-refractivity contribution in [3.8, 4) is 0 Å². The summed E-state index contributed by atoms with van der Waals surface area (Å²) in [4.78, 5) is 36.5. The van der Waals surface area contributed by atoms with Crippen LogP contribution < -0.4 is 5.32 Å². The van der Waals surface area contributed by atoms with Crippen LogP contribution in [-0.2, 0) is 20.9 Å². The largest absolute Gasteiger partial charge is 0.481 e. The van der Waals surface area contributed by atoms with Crippen LogP contribution in [0.25, 0.3) is 0 Å². The third kappa shape index (κ3) is 7.12. The molecule has 0 saturated heterocycles. The van der Waals surface area contributed by atoms with Crippen LogP contribution in [0.4, 0.5) is 0 Å². The van der Waals surface area contributed by atoms with Gasteiger partial charge in [-0.15, -0.1) is 0 Å². The molecule has 0 atom stereocenters. The first-order valence-electron chi connectivity index (χ1n) is 7.62. The minimum atomic E-state index is -0.972. The molecular formula is C17H23BrN2O4. The Hall–Kier alpha value is -1.89. The van der Waals surface area contributed by atoms with E-state index in [-0.39, 0.29) is 37.9 Å². The lowest BCUT2D eigenvalue weighted by atomic mass is 9.96. The Balaban J connectivity index is 2.75. The van der Waals surface area contributed by atoms with Crippen molar-refractivity contribution < 1.29 is 19.5 Å². The normalized spacial score (nSPS) is 11.0. The summed E-state index contributed by atoms with van der Waals surface area (Å²) in [6, 6.07) is 7.45. The lowest BCUT2D eigenvalue weighted by molar-refractivity contribution is -0.139. The van der Waals surface area contributed by atoms with E-state index < -0.39 is 11.4 Å². The predicted octanol–water partition coefficient (Wildman–Crippen LogP) is 2.41. The molecule has 7 heteroatoms. The van der Waals surface area contributed by atoms with Gasteiger partial charge in [-0.3, -0.25) is 14.4 Å². The summed E-state index contributed by atoms with van der Waals surface area (Å²) in [5, 5.41) is 11.5. The molecule has 0 radical (unpaired) electrons. The van der Waals surface area contributed by atoms with E-state index in [1.54, 1.807) is 20.8 Å². The van der Waals surface area contributed by atoms with E-state index in [0.29, 0.717) is 0 Å². The number of rotatable bonds is 7. The van der Waals surface area contributed by atoms with Crippen LogP contribution in [0.5, 0.6) is 0 Å². The molecule has 2 N–H and O–H groups in total. The Labute approximate surface area is 150 Å². The van der Waals surface area contributed by atoms with Crippen LogP contribution in [0.2, 0.25) is 0 Å². The third-order valence-electron chi connectivity index (χ3n) is 3.29. The fraction of sp³-hybridized carbons (Fsp3) is 0.471. The Morgan fingerprint density at radius 2 is 1.92 bits per heavy atom. The number of aliphatic carboxylic acids is 1. The minimum absolute atomic E-state index is 0.0894. The smallest absolute Gasteiger partial charge is 0.305 e. The first-order valence-corrected chi connectivity index (χ1v) is 8.41. The zero-order valence-corrected chi connectivity index (χ0v) is 15.7. The maximum atomic E-state index is 12.4. The van der Waals surface area contributed by atoms with Crippen LogP contribution in [0.1, 0.15) is 32.8 Å². The van der Waals surface area contributed by atoms with E-state index in [0.717, 1.165) is 10.0 Å². The predicted molar refractivity (Wildman–Crippen MR) is 94.3 cm³/mol. The monoisotopic (exact) mass is 398 g/mol. The van der Waals surface area contributed by atoms with Crippen LogP contribution in [0, 0.1) is 5.41 Å². The van der Waals surface area contributed by atoms with Crippen molar-refractivity contribution in [2.45, 2.75) is 33.7 Å². The van der Waals surface area contributed by atoms with Crippen LogP contribution in [0.15, 0.2) is 28.7 Å². The van der Waals surface area contributed by atoms with Crippen molar-refractivity contribution in [2.24, 2.45) is 5.41 Å². The zero-order chi connectivity index (χ0) is 18.3. The van der Waals surface area contributed by atoms with Gasteiger partial charge in [0.1, 0.15) is 0 Å². The number of hydrogen-bond donors (Lipinski definition) is 2. The summed E-state index contributed by atoms with van der Waals surface area (Å²) in [5.74, 6) is -1.51. The van der Waals surface area contributed by atoms with Gasteiger partial charge in [-0.1, -0.05) is 48.8 Å². The van der Waals surface area contributed by atoms with Crippen molar-refractivity contribution in [3.05, 3.63) is 34.3 Å². The Morgan fingerprint density at radius 1 is 1.25 bits per heavy atom. The average Bonchev–Trinajstić information content (AvgIpc) is 2.47. The second kappa shape index (κ2) is 8.82. The number of benzene rings is 1. The van der Waals surface area contributed by atoms with Gasteiger partial charge in [0.2, 0.25) is 11.8 Å². The highest BCUT2D eigenvalue weighted by atomic mass is 79.9. The van der Waals surface area contributed by atoms with Gasteiger partial charge in [0, 0.05) is 23.0 Å². The average molecular weight is 399 g/mol. The number of carboxylic acid groups (broad SMARTS) is 1. The second-order valence-corrected chi connectivity index (χ2v) is 7.44. The molecule has 0 unspecified atom stereocenters.